The number of fused-ring (bicyclic) bond motifs is 1. The summed E-state index contributed by atoms with van der Waals surface area (Å²) >= 11 is 0. The number of hydrogen-bond donors (Lipinski definition) is 1. The van der Waals surface area contributed by atoms with Crippen LogP contribution in [-0.4, -0.2) is 63.7 Å². The van der Waals surface area contributed by atoms with Crippen LogP contribution in [0.25, 0.3) is 17.1 Å². The van der Waals surface area contributed by atoms with Gasteiger partial charge in [0.2, 0.25) is 5.88 Å². The van der Waals surface area contributed by atoms with Crippen molar-refractivity contribution in [3.8, 4) is 28.7 Å². The number of benzene rings is 2. The summed E-state index contributed by atoms with van der Waals surface area (Å²) in [6, 6.07) is 15.0. The summed E-state index contributed by atoms with van der Waals surface area (Å²) in [5, 5.41) is 13.5. The number of carboxylic acid groups (broad SMARTS) is 1. The smallest absolute Gasteiger partial charge is 0.419 e. The van der Waals surface area contributed by atoms with E-state index in [4.69, 9.17) is 14.2 Å². The van der Waals surface area contributed by atoms with E-state index in [1.807, 2.05) is 18.2 Å². The molecule has 1 fully saturated rings. The number of methoxy groups -OCH3 is 1. The van der Waals surface area contributed by atoms with Crippen LogP contribution in [-0.2, 0) is 30.5 Å². The molecule has 2 aromatic carbocycles. The van der Waals surface area contributed by atoms with Crippen molar-refractivity contribution in [3.63, 3.8) is 0 Å². The third-order valence-electron chi connectivity index (χ3n) is 8.10. The van der Waals surface area contributed by atoms with Crippen LogP contribution in [0.15, 0.2) is 60.8 Å². The second kappa shape index (κ2) is 12.3. The molecule has 4 heterocycles. The first-order valence-electron chi connectivity index (χ1n) is 14.3. The van der Waals surface area contributed by atoms with Crippen molar-refractivity contribution in [2.24, 2.45) is 0 Å². The largest absolute Gasteiger partial charge is 0.488 e. The molecule has 2 aliphatic heterocycles. The third kappa shape index (κ3) is 6.00. The Morgan fingerprint density at radius 3 is 2.64 bits per heavy atom. The van der Waals surface area contributed by atoms with Gasteiger partial charge in [-0.3, -0.25) is 4.90 Å². The lowest BCUT2D eigenvalue weighted by Crippen LogP contribution is -2.42. The van der Waals surface area contributed by atoms with E-state index in [-0.39, 0.29) is 40.9 Å². The van der Waals surface area contributed by atoms with E-state index in [0.29, 0.717) is 6.04 Å². The summed E-state index contributed by atoms with van der Waals surface area (Å²) in [6.07, 6.45) is -0.636. The molecule has 1 saturated heterocycles. The highest BCUT2D eigenvalue weighted by molar-refractivity contribution is 5.90. The minimum atomic E-state index is -4.67. The number of carboxylic acids is 1. The maximum absolute atomic E-state index is 14.2. The van der Waals surface area contributed by atoms with E-state index in [1.54, 1.807) is 18.2 Å². The molecule has 0 bridgehead atoms. The maximum atomic E-state index is 14.2. The predicted molar refractivity (Wildman–Crippen MR) is 154 cm³/mol. The molecule has 6 rings (SSSR count). The predicted octanol–water partition coefficient (Wildman–Crippen LogP) is 5.78. The molecule has 2 aromatic heterocycles. The van der Waals surface area contributed by atoms with E-state index < -0.39 is 17.7 Å². The molecule has 0 radical (unpaired) electrons. The topological polar surface area (TPSA) is 98.9 Å². The second-order valence-electron chi connectivity index (χ2n) is 10.8. The fraction of sp³-hybridized carbons (Fsp3) is 0.344. The highest BCUT2D eigenvalue weighted by atomic mass is 19.4. The van der Waals surface area contributed by atoms with Crippen LogP contribution in [0.3, 0.4) is 0 Å². The number of aromatic nitrogens is 3. The minimum Gasteiger partial charge on any atom is -0.488 e. The molecule has 0 saturated carbocycles. The standard InChI is InChI=1S/C32H31F3N4O5/c1-42-30-25(31(40)41)17-36-39(30)28-7-3-6-27(37-28)24-4-2-5-26(32(33,34)35)29(24)44-19-20-8-9-22-18-38(13-10-21(22)16-20)23-11-14-43-15-12-23/h2-9,16-17,23H,10-15,18-19H2,1H3,(H,40,41). The highest BCUT2D eigenvalue weighted by Gasteiger charge is 2.36. The van der Waals surface area contributed by atoms with E-state index in [9.17, 15) is 23.1 Å². The van der Waals surface area contributed by atoms with E-state index >= 15 is 0 Å². The summed E-state index contributed by atoms with van der Waals surface area (Å²) in [5.41, 5.74) is 2.41. The Bertz CT molecular complexity index is 1670. The summed E-state index contributed by atoms with van der Waals surface area (Å²) in [5.74, 6) is -1.48. The molecule has 0 aliphatic carbocycles. The molecule has 44 heavy (non-hydrogen) atoms. The zero-order valence-electron chi connectivity index (χ0n) is 24.0. The van der Waals surface area contributed by atoms with Gasteiger partial charge in [-0.2, -0.15) is 23.0 Å². The van der Waals surface area contributed by atoms with Gasteiger partial charge in [0.05, 0.1) is 24.6 Å². The molecule has 0 spiro atoms. The molecule has 1 N–H and O–H groups in total. The van der Waals surface area contributed by atoms with Crippen LogP contribution in [0.1, 0.15) is 45.5 Å². The summed E-state index contributed by atoms with van der Waals surface area (Å²) in [7, 11) is 1.30. The number of para-hydroxylation sites is 1. The van der Waals surface area contributed by atoms with Crippen molar-refractivity contribution in [3.05, 3.63) is 88.6 Å². The monoisotopic (exact) mass is 608 g/mol. The number of rotatable bonds is 8. The Morgan fingerprint density at radius 1 is 1.09 bits per heavy atom. The van der Waals surface area contributed by atoms with Gasteiger partial charge in [0.25, 0.3) is 0 Å². The number of halogens is 3. The van der Waals surface area contributed by atoms with Crippen LogP contribution in [0.4, 0.5) is 13.2 Å². The average Bonchev–Trinajstić information content (AvgIpc) is 3.48. The van der Waals surface area contributed by atoms with Crippen molar-refractivity contribution in [2.75, 3.05) is 26.9 Å². The van der Waals surface area contributed by atoms with Gasteiger partial charge in [-0.1, -0.05) is 30.3 Å². The number of ether oxygens (including phenoxy) is 3. The normalized spacial score (nSPS) is 16.0. The Labute approximate surface area is 251 Å². The molecular formula is C32H31F3N4O5. The van der Waals surface area contributed by atoms with Crippen molar-refractivity contribution in [1.29, 1.82) is 0 Å². The number of alkyl halides is 3. The van der Waals surface area contributed by atoms with E-state index in [2.05, 4.69) is 15.0 Å². The van der Waals surface area contributed by atoms with Crippen LogP contribution >= 0.6 is 0 Å². The van der Waals surface area contributed by atoms with Crippen LogP contribution < -0.4 is 9.47 Å². The number of hydrogen-bond acceptors (Lipinski definition) is 7. The van der Waals surface area contributed by atoms with Crippen LogP contribution in [0, 0.1) is 0 Å². The first kappa shape index (κ1) is 29.6. The Morgan fingerprint density at radius 2 is 1.89 bits per heavy atom. The maximum Gasteiger partial charge on any atom is 0.419 e. The molecular weight excluding hydrogens is 577 g/mol. The van der Waals surface area contributed by atoms with Gasteiger partial charge >= 0.3 is 12.1 Å². The lowest BCUT2D eigenvalue weighted by atomic mass is 9.95. The number of carbonyl (C=O) groups is 1. The third-order valence-corrected chi connectivity index (χ3v) is 8.10. The number of pyridine rings is 1. The molecule has 0 unspecified atom stereocenters. The second-order valence-corrected chi connectivity index (χ2v) is 10.8. The van der Waals surface area contributed by atoms with Gasteiger partial charge in [-0.05, 0) is 60.2 Å². The Kier molecular flexibility index (Phi) is 8.28. The SMILES string of the molecule is COc1c(C(=O)O)cnn1-c1cccc(-c2cccc(C(F)(F)F)c2OCc2ccc3c(c2)CCN(C2CCOCC2)C3)n1. The lowest BCUT2D eigenvalue weighted by Gasteiger charge is -2.37. The molecule has 2 aliphatic rings. The van der Waals surface area contributed by atoms with Crippen molar-refractivity contribution >= 4 is 5.97 Å². The van der Waals surface area contributed by atoms with E-state index in [0.717, 1.165) is 63.4 Å². The summed E-state index contributed by atoms with van der Waals surface area (Å²) in [6.45, 7) is 3.29. The molecule has 4 aromatic rings. The molecule has 12 heteroatoms. The van der Waals surface area contributed by atoms with Crippen LogP contribution in [0.5, 0.6) is 11.6 Å². The van der Waals surface area contributed by atoms with Gasteiger partial charge in [0, 0.05) is 37.9 Å². The fourth-order valence-corrected chi connectivity index (χ4v) is 5.89. The quantitative estimate of drug-likeness (QED) is 0.269. The summed E-state index contributed by atoms with van der Waals surface area (Å²) in [4.78, 5) is 18.6. The Balaban J connectivity index is 1.28. The minimum absolute atomic E-state index is 0.0638. The lowest BCUT2D eigenvalue weighted by molar-refractivity contribution is -0.139. The first-order chi connectivity index (χ1) is 21.2. The highest BCUT2D eigenvalue weighted by Crippen LogP contribution is 2.42. The van der Waals surface area contributed by atoms with Gasteiger partial charge in [0.1, 0.15) is 17.9 Å². The summed E-state index contributed by atoms with van der Waals surface area (Å²) < 4.78 is 60.5. The van der Waals surface area contributed by atoms with Crippen molar-refractivity contribution < 1.29 is 37.3 Å². The number of aromatic carboxylic acids is 1. The fourth-order valence-electron chi connectivity index (χ4n) is 5.89. The zero-order chi connectivity index (χ0) is 30.8. The van der Waals surface area contributed by atoms with E-state index in [1.165, 1.54) is 35.1 Å². The first-order valence-corrected chi connectivity index (χ1v) is 14.3. The Hall–Kier alpha value is -4.42. The molecule has 230 valence electrons. The molecule has 0 amide bonds. The number of nitrogens with zero attached hydrogens (tertiary/aromatic N) is 4. The van der Waals surface area contributed by atoms with Crippen molar-refractivity contribution in [2.45, 2.75) is 44.6 Å². The van der Waals surface area contributed by atoms with Crippen LogP contribution in [0.2, 0.25) is 0 Å². The van der Waals surface area contributed by atoms with Gasteiger partial charge in [-0.15, -0.1) is 0 Å². The van der Waals surface area contributed by atoms with Gasteiger partial charge in [-0.25, -0.2) is 9.78 Å². The van der Waals surface area contributed by atoms with Crippen molar-refractivity contribution in [1.82, 2.24) is 19.7 Å². The van der Waals surface area contributed by atoms with Gasteiger partial charge in [0.15, 0.2) is 5.82 Å². The average molecular weight is 609 g/mol. The van der Waals surface area contributed by atoms with Gasteiger partial charge < -0.3 is 19.3 Å². The zero-order valence-corrected chi connectivity index (χ0v) is 24.0. The molecule has 0 atom stereocenters. The molecule has 9 nitrogen and oxygen atoms in total.